The minimum Gasteiger partial charge on any atom is -0.469 e. The number of hydrogen-bond donors (Lipinski definition) is 1. The van der Waals surface area contributed by atoms with Gasteiger partial charge in [0, 0.05) is 11.3 Å². The van der Waals surface area contributed by atoms with Gasteiger partial charge in [-0.25, -0.2) is 0 Å². The molecule has 5 aliphatic carbocycles. The van der Waals surface area contributed by atoms with Gasteiger partial charge < -0.3 is 9.84 Å². The van der Waals surface area contributed by atoms with Crippen molar-refractivity contribution in [1.29, 1.82) is 5.26 Å². The molecule has 3 saturated carbocycles. The summed E-state index contributed by atoms with van der Waals surface area (Å²) < 4.78 is 5.39. The van der Waals surface area contributed by atoms with Gasteiger partial charge in [-0.15, -0.1) is 0 Å². The first-order chi connectivity index (χ1) is 17.6. The molecule has 6 heteroatoms. The molecule has 0 aromatic rings. The molecule has 1 N–H and O–H groups in total. The van der Waals surface area contributed by atoms with Gasteiger partial charge in [-0.3, -0.25) is 14.4 Å². The van der Waals surface area contributed by atoms with Crippen molar-refractivity contribution in [3.05, 3.63) is 23.3 Å². The van der Waals surface area contributed by atoms with Gasteiger partial charge in [-0.2, -0.15) is 5.26 Å². The lowest BCUT2D eigenvalue weighted by molar-refractivity contribution is -0.191. The summed E-state index contributed by atoms with van der Waals surface area (Å²) in [5.41, 5.74) is -2.03. The van der Waals surface area contributed by atoms with Crippen LogP contribution in [0.25, 0.3) is 0 Å². The van der Waals surface area contributed by atoms with Crippen LogP contribution in [-0.4, -0.2) is 36.4 Å². The van der Waals surface area contributed by atoms with Gasteiger partial charge in [-0.1, -0.05) is 46.3 Å². The Balaban J connectivity index is 1.71. The lowest BCUT2D eigenvalue weighted by atomic mass is 9.34. The highest BCUT2D eigenvalue weighted by Gasteiger charge is 2.71. The molecular weight excluding hydrogens is 478 g/mol. The van der Waals surface area contributed by atoms with Gasteiger partial charge in [0.25, 0.3) is 0 Å². The number of allylic oxidation sites excluding steroid dienone is 4. The first-order valence-corrected chi connectivity index (χ1v) is 14.2. The van der Waals surface area contributed by atoms with E-state index in [1.54, 1.807) is 13.0 Å². The fraction of sp³-hybridized carbons (Fsp3) is 0.750. The van der Waals surface area contributed by atoms with E-state index < -0.39 is 16.2 Å². The topological polar surface area (TPSA) is 104 Å². The number of hydrogen-bond acceptors (Lipinski definition) is 6. The van der Waals surface area contributed by atoms with Crippen molar-refractivity contribution in [2.75, 3.05) is 13.7 Å². The molecule has 0 amide bonds. The van der Waals surface area contributed by atoms with Crippen LogP contribution in [0.3, 0.4) is 0 Å². The molecule has 0 unspecified atom stereocenters. The van der Waals surface area contributed by atoms with Crippen molar-refractivity contribution < 1.29 is 24.2 Å². The first kappa shape index (κ1) is 27.3. The van der Waals surface area contributed by atoms with E-state index in [0.717, 1.165) is 44.1 Å². The van der Waals surface area contributed by atoms with Gasteiger partial charge in [0.2, 0.25) is 0 Å². The molecule has 0 saturated heterocycles. The largest absolute Gasteiger partial charge is 0.469 e. The summed E-state index contributed by atoms with van der Waals surface area (Å²) in [5, 5.41) is 20.3. The number of aliphatic hydroxyl groups is 1. The summed E-state index contributed by atoms with van der Waals surface area (Å²) in [6.45, 7) is 12.5. The van der Waals surface area contributed by atoms with Crippen LogP contribution < -0.4 is 0 Å². The summed E-state index contributed by atoms with van der Waals surface area (Å²) in [6.07, 6.45) is 9.07. The average molecular weight is 522 g/mol. The maximum absolute atomic E-state index is 14.4. The normalized spacial score (nSPS) is 47.3. The number of methoxy groups -OCH3 is 1. The van der Waals surface area contributed by atoms with Crippen LogP contribution in [0, 0.1) is 61.6 Å². The van der Waals surface area contributed by atoms with Crippen molar-refractivity contribution in [3.8, 4) is 6.07 Å². The second-order valence-corrected chi connectivity index (χ2v) is 14.8. The Morgan fingerprint density at radius 2 is 1.74 bits per heavy atom. The molecule has 0 spiro atoms. The highest BCUT2D eigenvalue weighted by atomic mass is 16.5. The number of ether oxygens (including phenoxy) is 1. The number of carbonyl (C=O) groups is 3. The zero-order valence-electron chi connectivity index (χ0n) is 24.1. The zero-order chi connectivity index (χ0) is 28.1. The molecular formula is C32H43NO5. The summed E-state index contributed by atoms with van der Waals surface area (Å²) in [7, 11) is 1.47. The third-order valence-electron chi connectivity index (χ3n) is 12.6. The number of fused-ring (bicyclic) bond motifs is 7. The third-order valence-corrected chi connectivity index (χ3v) is 12.6. The summed E-state index contributed by atoms with van der Waals surface area (Å²) >= 11 is 0. The minimum atomic E-state index is -1.07. The van der Waals surface area contributed by atoms with E-state index >= 15 is 0 Å². The number of Topliss-reactive ketones (excluding diaryl/α,β-unsaturated/α-hetero) is 1. The number of rotatable bonds is 2. The van der Waals surface area contributed by atoms with Crippen molar-refractivity contribution in [1.82, 2.24) is 0 Å². The van der Waals surface area contributed by atoms with E-state index in [1.807, 2.05) is 6.08 Å². The Morgan fingerprint density at radius 3 is 2.34 bits per heavy atom. The quantitative estimate of drug-likeness (QED) is 0.491. The van der Waals surface area contributed by atoms with Crippen molar-refractivity contribution in [2.24, 2.45) is 50.2 Å². The van der Waals surface area contributed by atoms with Crippen LogP contribution in [-0.2, 0) is 19.1 Å². The number of ketones is 2. The standard InChI is InChI=1S/C32H43NO5/c1-27(2)10-12-32(26(37)38-7)13-11-31(6)24(20(32)16-27)21(35)14-23-28(3)15-19(17-33)25(36)29(4,18-34)22(28)8-9-30(23,31)5/h14-15,20,22,24,34H,8-13,16,18H2,1-7H3/t20-,22+,24-,28-,29+,30+,31+,32-/m0/s1. The Hall–Kier alpha value is -2.26. The summed E-state index contributed by atoms with van der Waals surface area (Å²) in [6, 6.07) is 2.09. The predicted octanol–water partition coefficient (Wildman–Crippen LogP) is 5.35. The van der Waals surface area contributed by atoms with Crippen molar-refractivity contribution >= 4 is 17.5 Å². The maximum Gasteiger partial charge on any atom is 0.312 e. The van der Waals surface area contributed by atoms with Gasteiger partial charge in [0.05, 0.1) is 30.1 Å². The third kappa shape index (κ3) is 3.12. The number of carbonyl (C=O) groups excluding carboxylic acids is 3. The van der Waals surface area contributed by atoms with Crippen LogP contribution in [0.4, 0.5) is 0 Å². The van der Waals surface area contributed by atoms with Crippen LogP contribution in [0.15, 0.2) is 23.3 Å². The molecule has 0 radical (unpaired) electrons. The van der Waals surface area contributed by atoms with Crippen molar-refractivity contribution in [2.45, 2.75) is 86.5 Å². The van der Waals surface area contributed by atoms with Crippen molar-refractivity contribution in [3.63, 3.8) is 0 Å². The number of esters is 1. The molecule has 8 atom stereocenters. The lowest BCUT2D eigenvalue weighted by Gasteiger charge is -2.68. The van der Waals surface area contributed by atoms with Gasteiger partial charge in [0.1, 0.15) is 6.07 Å². The van der Waals surface area contributed by atoms with Crippen LogP contribution >= 0.6 is 0 Å². The molecule has 0 aromatic heterocycles. The van der Waals surface area contributed by atoms with Gasteiger partial charge in [0.15, 0.2) is 11.6 Å². The number of nitrogens with zero attached hydrogens (tertiary/aromatic N) is 1. The van der Waals surface area contributed by atoms with E-state index in [2.05, 4.69) is 40.7 Å². The van der Waals surface area contributed by atoms with E-state index in [-0.39, 0.29) is 63.7 Å². The average Bonchev–Trinajstić information content (AvgIpc) is 2.86. The van der Waals surface area contributed by atoms with E-state index in [0.29, 0.717) is 6.42 Å². The fourth-order valence-electron chi connectivity index (χ4n) is 10.2. The highest BCUT2D eigenvalue weighted by Crippen LogP contribution is 2.74. The lowest BCUT2D eigenvalue weighted by Crippen LogP contribution is -2.66. The molecule has 0 heterocycles. The Bertz CT molecular complexity index is 1220. The molecule has 6 nitrogen and oxygen atoms in total. The molecule has 0 aromatic carbocycles. The van der Waals surface area contributed by atoms with Gasteiger partial charge in [-0.05, 0) is 86.0 Å². The van der Waals surface area contributed by atoms with Crippen LogP contribution in [0.2, 0.25) is 0 Å². The first-order valence-electron chi connectivity index (χ1n) is 14.2. The maximum atomic E-state index is 14.4. The monoisotopic (exact) mass is 521 g/mol. The zero-order valence-corrected chi connectivity index (χ0v) is 24.1. The molecule has 0 aliphatic heterocycles. The SMILES string of the molecule is COC(=O)[C@]12CCC(C)(C)C[C@H]1[C@H]1C(=O)C=C3[C@@]4(C)C=C(C#N)C(=O)[C@](C)(CO)[C@@H]4CC[C@@]3(C)[C@]1(C)CC2. The predicted molar refractivity (Wildman–Crippen MR) is 142 cm³/mol. The van der Waals surface area contributed by atoms with E-state index in [9.17, 15) is 24.8 Å². The number of aliphatic hydroxyl groups excluding tert-OH is 1. The number of nitriles is 1. The smallest absolute Gasteiger partial charge is 0.312 e. The van der Waals surface area contributed by atoms with Gasteiger partial charge >= 0.3 is 5.97 Å². The Labute approximate surface area is 226 Å². The molecule has 5 rings (SSSR count). The van der Waals surface area contributed by atoms with E-state index in [4.69, 9.17) is 4.74 Å². The molecule has 38 heavy (non-hydrogen) atoms. The van der Waals surface area contributed by atoms with E-state index in [1.165, 1.54) is 7.11 Å². The van der Waals surface area contributed by atoms with Crippen LogP contribution in [0.5, 0.6) is 0 Å². The second-order valence-electron chi connectivity index (χ2n) is 14.8. The fourth-order valence-corrected chi connectivity index (χ4v) is 10.2. The highest BCUT2D eigenvalue weighted by molar-refractivity contribution is 6.05. The molecule has 206 valence electrons. The summed E-state index contributed by atoms with van der Waals surface area (Å²) in [4.78, 5) is 41.0. The molecule has 0 bridgehead atoms. The Morgan fingerprint density at radius 1 is 1.08 bits per heavy atom. The Kier molecular flexibility index (Phi) is 5.84. The molecule has 5 aliphatic rings. The minimum absolute atomic E-state index is 0.0341. The summed E-state index contributed by atoms with van der Waals surface area (Å²) in [5.74, 6) is -1.00. The van der Waals surface area contributed by atoms with Crippen LogP contribution in [0.1, 0.15) is 86.5 Å². The second kappa shape index (κ2) is 8.13. The molecule has 3 fully saturated rings.